The lowest BCUT2D eigenvalue weighted by Gasteiger charge is -2.08. The molecule has 0 bridgehead atoms. The zero-order valence-electron chi connectivity index (χ0n) is 10.2. The Morgan fingerprint density at radius 1 is 1.32 bits per heavy atom. The number of aromatic carboxylic acids is 1. The number of nitrogens with two attached hydrogens (primary N) is 1. The molecular weight excluding hydrogens is 272 g/mol. The average Bonchev–Trinajstić information content (AvgIpc) is 2.28. The Morgan fingerprint density at radius 3 is 2.53 bits per heavy atom. The Bertz CT molecular complexity index is 556. The molecular formula is C11H16N2O5S. The maximum absolute atomic E-state index is 11.3. The highest BCUT2D eigenvalue weighted by Gasteiger charge is 2.10. The molecule has 0 saturated heterocycles. The van der Waals surface area contributed by atoms with Crippen LogP contribution >= 0.6 is 0 Å². The summed E-state index contributed by atoms with van der Waals surface area (Å²) in [7, 11) is -3.27. The van der Waals surface area contributed by atoms with E-state index in [-0.39, 0.29) is 29.3 Å². The molecule has 1 rings (SSSR count). The molecule has 7 nitrogen and oxygen atoms in total. The first-order valence-corrected chi connectivity index (χ1v) is 7.36. The van der Waals surface area contributed by atoms with Gasteiger partial charge in [-0.2, -0.15) is 0 Å². The van der Waals surface area contributed by atoms with Crippen molar-refractivity contribution < 1.29 is 23.4 Å². The summed E-state index contributed by atoms with van der Waals surface area (Å²) in [5, 5.41) is 20.2. The van der Waals surface area contributed by atoms with Crippen LogP contribution in [0, 0.1) is 0 Å². The smallest absolute Gasteiger partial charge is 0.337 e. The maximum atomic E-state index is 11.3. The summed E-state index contributed by atoms with van der Waals surface area (Å²) >= 11 is 0. The Hall–Kier alpha value is -1.80. The van der Waals surface area contributed by atoms with E-state index in [1.165, 1.54) is 18.2 Å². The molecule has 0 aliphatic rings. The number of rotatable bonds is 7. The number of benzene rings is 1. The summed E-state index contributed by atoms with van der Waals surface area (Å²) in [6.45, 7) is -0.239. The predicted molar refractivity (Wildman–Crippen MR) is 72.0 cm³/mol. The zero-order valence-corrected chi connectivity index (χ0v) is 11.0. The lowest BCUT2D eigenvalue weighted by atomic mass is 10.1. The highest BCUT2D eigenvalue weighted by Crippen LogP contribution is 2.17. The minimum absolute atomic E-state index is 0.00143. The quantitative estimate of drug-likeness (QED) is 0.510. The van der Waals surface area contributed by atoms with E-state index in [2.05, 4.69) is 5.32 Å². The van der Waals surface area contributed by atoms with Gasteiger partial charge < -0.3 is 21.3 Å². The Balaban J connectivity index is 2.60. The minimum Gasteiger partial charge on any atom is -0.478 e. The van der Waals surface area contributed by atoms with Crippen molar-refractivity contribution in [3.63, 3.8) is 0 Å². The Labute approximate surface area is 111 Å². The number of carbonyl (C=O) groups is 1. The molecule has 106 valence electrons. The summed E-state index contributed by atoms with van der Waals surface area (Å²) in [6, 6.07) is 4.29. The maximum Gasteiger partial charge on any atom is 0.337 e. The van der Waals surface area contributed by atoms with Crippen LogP contribution < -0.4 is 11.1 Å². The summed E-state index contributed by atoms with van der Waals surface area (Å²) in [6.07, 6.45) is 0. The van der Waals surface area contributed by atoms with E-state index in [1.807, 2.05) is 0 Å². The molecule has 0 amide bonds. The van der Waals surface area contributed by atoms with Gasteiger partial charge in [-0.3, -0.25) is 0 Å². The molecule has 0 fully saturated rings. The second kappa shape index (κ2) is 6.39. The van der Waals surface area contributed by atoms with Crippen LogP contribution in [0.4, 0.5) is 11.4 Å². The molecule has 0 spiro atoms. The van der Waals surface area contributed by atoms with Gasteiger partial charge in [0.05, 0.1) is 23.7 Å². The lowest BCUT2D eigenvalue weighted by Crippen LogP contribution is -2.20. The molecule has 0 aromatic heterocycles. The fourth-order valence-electron chi connectivity index (χ4n) is 1.46. The molecule has 1 aromatic rings. The Morgan fingerprint density at radius 2 is 2.00 bits per heavy atom. The summed E-state index contributed by atoms with van der Waals surface area (Å²) in [5.41, 5.74) is 6.20. The number of carboxylic acids is 1. The van der Waals surface area contributed by atoms with Crippen LogP contribution in [-0.4, -0.2) is 49.3 Å². The molecule has 0 saturated carbocycles. The summed E-state index contributed by atoms with van der Waals surface area (Å²) < 4.78 is 22.7. The van der Waals surface area contributed by atoms with Crippen molar-refractivity contribution in [3.8, 4) is 0 Å². The van der Waals surface area contributed by atoms with Crippen molar-refractivity contribution in [2.24, 2.45) is 0 Å². The number of nitrogen functional groups attached to an aromatic ring is 1. The van der Waals surface area contributed by atoms with Crippen molar-refractivity contribution in [1.29, 1.82) is 0 Å². The first kappa shape index (κ1) is 15.3. The number of nitrogens with one attached hydrogen (secondary N) is 1. The average molecular weight is 288 g/mol. The van der Waals surface area contributed by atoms with Gasteiger partial charge >= 0.3 is 5.97 Å². The molecule has 0 heterocycles. The largest absolute Gasteiger partial charge is 0.478 e. The van der Waals surface area contributed by atoms with Crippen LogP contribution in [0.25, 0.3) is 0 Å². The van der Waals surface area contributed by atoms with Crippen LogP contribution in [0.1, 0.15) is 10.4 Å². The van der Waals surface area contributed by atoms with Gasteiger partial charge in [0.1, 0.15) is 0 Å². The number of aliphatic hydroxyl groups is 1. The summed E-state index contributed by atoms with van der Waals surface area (Å²) in [4.78, 5) is 10.7. The highest BCUT2D eigenvalue weighted by molar-refractivity contribution is 7.91. The van der Waals surface area contributed by atoms with Crippen molar-refractivity contribution >= 4 is 27.2 Å². The zero-order chi connectivity index (χ0) is 14.5. The van der Waals surface area contributed by atoms with Gasteiger partial charge in [-0.25, -0.2) is 13.2 Å². The topological polar surface area (TPSA) is 130 Å². The van der Waals surface area contributed by atoms with Crippen LogP contribution in [-0.2, 0) is 9.84 Å². The molecule has 0 atom stereocenters. The number of hydrogen-bond donors (Lipinski definition) is 4. The number of carboxylic acid groups (broad SMARTS) is 1. The van der Waals surface area contributed by atoms with Gasteiger partial charge in [-0.05, 0) is 18.2 Å². The Kier molecular flexibility index (Phi) is 5.13. The third-order valence-electron chi connectivity index (χ3n) is 2.43. The van der Waals surface area contributed by atoms with Crippen molar-refractivity contribution in [2.75, 3.05) is 35.7 Å². The molecule has 0 radical (unpaired) electrons. The van der Waals surface area contributed by atoms with Crippen LogP contribution in [0.3, 0.4) is 0 Å². The first-order valence-electron chi connectivity index (χ1n) is 5.53. The number of hydrogen-bond acceptors (Lipinski definition) is 6. The van der Waals surface area contributed by atoms with Crippen molar-refractivity contribution in [3.05, 3.63) is 23.8 Å². The number of anilines is 2. The highest BCUT2D eigenvalue weighted by atomic mass is 32.2. The molecule has 5 N–H and O–H groups in total. The first-order chi connectivity index (χ1) is 8.85. The van der Waals surface area contributed by atoms with Crippen molar-refractivity contribution in [1.82, 2.24) is 0 Å². The van der Waals surface area contributed by atoms with E-state index in [0.29, 0.717) is 5.69 Å². The van der Waals surface area contributed by atoms with E-state index in [1.54, 1.807) is 0 Å². The van der Waals surface area contributed by atoms with Crippen LogP contribution in [0.5, 0.6) is 0 Å². The van der Waals surface area contributed by atoms with Gasteiger partial charge in [0.2, 0.25) is 0 Å². The van der Waals surface area contributed by atoms with E-state index in [0.717, 1.165) is 0 Å². The standard InChI is InChI=1S/C11H16N2O5S/c12-10-7-8(1-2-9(10)11(15)16)13-3-5-19(17,18)6-4-14/h1-2,7,13-14H,3-6,12H2,(H,15,16). The van der Waals surface area contributed by atoms with Crippen LogP contribution in [0.15, 0.2) is 18.2 Å². The molecule has 1 aromatic carbocycles. The summed E-state index contributed by atoms with van der Waals surface area (Å²) in [5.74, 6) is -1.50. The predicted octanol–water partition coefficient (Wildman–Crippen LogP) is -0.214. The molecule has 8 heteroatoms. The second-order valence-electron chi connectivity index (χ2n) is 3.91. The van der Waals surface area contributed by atoms with E-state index < -0.39 is 22.4 Å². The third kappa shape index (κ3) is 4.76. The second-order valence-corrected chi connectivity index (χ2v) is 6.21. The van der Waals surface area contributed by atoms with E-state index >= 15 is 0 Å². The van der Waals surface area contributed by atoms with Crippen molar-refractivity contribution in [2.45, 2.75) is 0 Å². The minimum atomic E-state index is -3.27. The fourth-order valence-corrected chi connectivity index (χ4v) is 2.35. The molecule has 0 aliphatic heterocycles. The SMILES string of the molecule is Nc1cc(NCCS(=O)(=O)CCO)ccc1C(=O)O. The van der Waals surface area contributed by atoms with Gasteiger partial charge in [0.15, 0.2) is 9.84 Å². The van der Waals surface area contributed by atoms with E-state index in [4.69, 9.17) is 15.9 Å². The third-order valence-corrected chi connectivity index (χ3v) is 4.06. The normalized spacial score (nSPS) is 11.2. The van der Waals surface area contributed by atoms with Gasteiger partial charge in [-0.1, -0.05) is 0 Å². The molecule has 19 heavy (non-hydrogen) atoms. The van der Waals surface area contributed by atoms with E-state index in [9.17, 15) is 13.2 Å². The van der Waals surface area contributed by atoms with Gasteiger partial charge in [0.25, 0.3) is 0 Å². The number of aliphatic hydroxyl groups excluding tert-OH is 1. The van der Waals surface area contributed by atoms with Crippen LogP contribution in [0.2, 0.25) is 0 Å². The number of sulfone groups is 1. The van der Waals surface area contributed by atoms with Gasteiger partial charge in [-0.15, -0.1) is 0 Å². The molecule has 0 aliphatic carbocycles. The van der Waals surface area contributed by atoms with Gasteiger partial charge in [0, 0.05) is 17.9 Å². The molecule has 0 unspecified atom stereocenters. The fraction of sp³-hybridized carbons (Fsp3) is 0.364. The monoisotopic (exact) mass is 288 g/mol. The lowest BCUT2D eigenvalue weighted by molar-refractivity contribution is 0.0698.